The Balaban J connectivity index is 1.79. The molecule has 0 aliphatic carbocycles. The molecule has 5 nitrogen and oxygen atoms in total. The van der Waals surface area contributed by atoms with Crippen LogP contribution in [0.15, 0.2) is 18.2 Å². The van der Waals surface area contributed by atoms with Crippen molar-refractivity contribution in [2.24, 2.45) is 5.92 Å². The quantitative estimate of drug-likeness (QED) is 0.703. The molecule has 0 spiro atoms. The number of fused-ring (bicyclic) bond motifs is 1. The van der Waals surface area contributed by atoms with Gasteiger partial charge in [0, 0.05) is 25.1 Å². The van der Waals surface area contributed by atoms with Crippen LogP contribution in [-0.2, 0) is 22.6 Å². The van der Waals surface area contributed by atoms with Gasteiger partial charge in [0.05, 0.1) is 0 Å². The topological polar surface area (TPSA) is 70.2 Å². The molecule has 0 aromatic heterocycles. The largest absolute Gasteiger partial charge is 0.326 e. The average molecular weight is 289 g/mol. The van der Waals surface area contributed by atoms with Crippen LogP contribution in [0.1, 0.15) is 44.2 Å². The van der Waals surface area contributed by atoms with E-state index in [1.54, 1.807) is 0 Å². The summed E-state index contributed by atoms with van der Waals surface area (Å²) in [6.45, 7) is 4.79. The van der Waals surface area contributed by atoms with Gasteiger partial charge in [-0.3, -0.25) is 15.0 Å². The van der Waals surface area contributed by atoms with Crippen molar-refractivity contribution in [1.82, 2.24) is 10.9 Å². The maximum absolute atomic E-state index is 11.6. The number of hydrazine groups is 1. The molecule has 0 saturated heterocycles. The highest BCUT2D eigenvalue weighted by molar-refractivity contribution is 5.93. The summed E-state index contributed by atoms with van der Waals surface area (Å²) in [6, 6.07) is 5.95. The van der Waals surface area contributed by atoms with Crippen LogP contribution < -0.4 is 16.2 Å². The minimum absolute atomic E-state index is 0.0222. The van der Waals surface area contributed by atoms with Crippen molar-refractivity contribution < 1.29 is 9.59 Å². The second-order valence-electron chi connectivity index (χ2n) is 5.87. The minimum Gasteiger partial charge on any atom is -0.326 e. The van der Waals surface area contributed by atoms with Crippen molar-refractivity contribution in [3.63, 3.8) is 0 Å². The average Bonchev–Trinajstić information content (AvgIpc) is 2.45. The smallest absolute Gasteiger partial charge is 0.234 e. The van der Waals surface area contributed by atoms with Gasteiger partial charge in [0.25, 0.3) is 0 Å². The molecule has 1 aromatic carbocycles. The van der Waals surface area contributed by atoms with Crippen molar-refractivity contribution in [2.75, 3.05) is 5.32 Å². The van der Waals surface area contributed by atoms with Gasteiger partial charge < -0.3 is 5.32 Å². The lowest BCUT2D eigenvalue weighted by molar-refractivity contribution is -0.122. The summed E-state index contributed by atoms with van der Waals surface area (Å²) in [5.74, 6) is 0.631. The molecule has 0 saturated carbocycles. The van der Waals surface area contributed by atoms with Gasteiger partial charge in [0.1, 0.15) is 0 Å². The molecule has 0 unspecified atom stereocenters. The Morgan fingerprint density at radius 1 is 1.33 bits per heavy atom. The molecule has 2 amide bonds. The van der Waals surface area contributed by atoms with Gasteiger partial charge in [0.2, 0.25) is 11.8 Å². The molecule has 3 N–H and O–H groups in total. The molecule has 0 bridgehead atoms. The first kappa shape index (κ1) is 15.5. The van der Waals surface area contributed by atoms with Crippen molar-refractivity contribution in [3.8, 4) is 0 Å². The van der Waals surface area contributed by atoms with Crippen molar-refractivity contribution >= 4 is 17.5 Å². The third-order valence-electron chi connectivity index (χ3n) is 3.53. The number of aryl methyl sites for hydroxylation is 1. The Hall–Kier alpha value is -1.88. The van der Waals surface area contributed by atoms with Crippen LogP contribution >= 0.6 is 0 Å². The number of carbonyl (C=O) groups excluding carboxylic acids is 2. The molecular formula is C16H23N3O2. The van der Waals surface area contributed by atoms with Crippen LogP contribution in [0, 0.1) is 5.92 Å². The lowest BCUT2D eigenvalue weighted by Crippen LogP contribution is -2.36. The van der Waals surface area contributed by atoms with Crippen molar-refractivity contribution in [1.29, 1.82) is 0 Å². The van der Waals surface area contributed by atoms with Gasteiger partial charge in [-0.15, -0.1) is 0 Å². The van der Waals surface area contributed by atoms with Crippen LogP contribution in [0.25, 0.3) is 0 Å². The molecule has 2 rings (SSSR count). The number of amides is 2. The van der Waals surface area contributed by atoms with Crippen molar-refractivity contribution in [3.05, 3.63) is 29.3 Å². The molecule has 114 valence electrons. The third kappa shape index (κ3) is 4.86. The van der Waals surface area contributed by atoms with E-state index in [0.717, 1.165) is 29.7 Å². The van der Waals surface area contributed by atoms with Crippen LogP contribution in [0.5, 0.6) is 0 Å². The Morgan fingerprint density at radius 2 is 2.14 bits per heavy atom. The van der Waals surface area contributed by atoms with Crippen LogP contribution in [0.3, 0.4) is 0 Å². The number of hydrogen-bond acceptors (Lipinski definition) is 3. The molecular weight excluding hydrogens is 266 g/mol. The fourth-order valence-corrected chi connectivity index (χ4v) is 2.27. The summed E-state index contributed by atoms with van der Waals surface area (Å²) in [5.41, 5.74) is 8.81. The minimum atomic E-state index is 0.0222. The molecule has 0 atom stereocenters. The van der Waals surface area contributed by atoms with Crippen LogP contribution in [-0.4, -0.2) is 11.8 Å². The molecule has 1 heterocycles. The summed E-state index contributed by atoms with van der Waals surface area (Å²) >= 11 is 0. The van der Waals surface area contributed by atoms with Gasteiger partial charge >= 0.3 is 0 Å². The van der Waals surface area contributed by atoms with E-state index in [2.05, 4.69) is 36.1 Å². The zero-order chi connectivity index (χ0) is 15.2. The predicted molar refractivity (Wildman–Crippen MR) is 82.4 cm³/mol. The lowest BCUT2D eigenvalue weighted by Gasteiger charge is -2.17. The van der Waals surface area contributed by atoms with E-state index in [-0.39, 0.29) is 11.8 Å². The van der Waals surface area contributed by atoms with Crippen LogP contribution in [0.4, 0.5) is 5.69 Å². The molecule has 0 fully saturated rings. The molecule has 0 radical (unpaired) electrons. The number of hydrogen-bond donors (Lipinski definition) is 3. The van der Waals surface area contributed by atoms with E-state index in [0.29, 0.717) is 25.3 Å². The first-order chi connectivity index (χ1) is 10.0. The zero-order valence-electron chi connectivity index (χ0n) is 12.7. The van der Waals surface area contributed by atoms with Crippen LogP contribution in [0.2, 0.25) is 0 Å². The Labute approximate surface area is 125 Å². The van der Waals surface area contributed by atoms with Gasteiger partial charge in [-0.05, 0) is 36.0 Å². The monoisotopic (exact) mass is 289 g/mol. The molecule has 1 aromatic rings. The van der Waals surface area contributed by atoms with E-state index in [1.165, 1.54) is 0 Å². The number of carbonyl (C=O) groups is 2. The summed E-state index contributed by atoms with van der Waals surface area (Å²) in [4.78, 5) is 22.9. The fraction of sp³-hybridized carbons (Fsp3) is 0.500. The van der Waals surface area contributed by atoms with Gasteiger partial charge in [-0.1, -0.05) is 26.0 Å². The first-order valence-electron chi connectivity index (χ1n) is 7.48. The number of nitrogens with one attached hydrogen (secondary N) is 3. The fourth-order valence-electron chi connectivity index (χ4n) is 2.27. The van der Waals surface area contributed by atoms with E-state index in [1.807, 2.05) is 12.1 Å². The van der Waals surface area contributed by atoms with Crippen molar-refractivity contribution in [2.45, 2.75) is 46.1 Å². The van der Waals surface area contributed by atoms with Gasteiger partial charge in [-0.2, -0.15) is 0 Å². The standard InChI is InChI=1S/C16H23N3O2/c1-11(2)3-7-16(21)19-17-10-12-4-6-14-13(9-12)5-8-15(20)18-14/h4,6,9,11,17H,3,5,7-8,10H2,1-2H3,(H,18,20)(H,19,21). The van der Waals surface area contributed by atoms with E-state index < -0.39 is 0 Å². The van der Waals surface area contributed by atoms with Gasteiger partial charge in [0.15, 0.2) is 0 Å². The summed E-state index contributed by atoms with van der Waals surface area (Å²) in [7, 11) is 0. The highest BCUT2D eigenvalue weighted by Crippen LogP contribution is 2.23. The zero-order valence-corrected chi connectivity index (χ0v) is 12.7. The Kier molecular flexibility index (Phi) is 5.33. The third-order valence-corrected chi connectivity index (χ3v) is 3.53. The summed E-state index contributed by atoms with van der Waals surface area (Å²) in [5, 5.41) is 2.86. The second-order valence-corrected chi connectivity index (χ2v) is 5.87. The lowest BCUT2D eigenvalue weighted by atomic mass is 10.0. The first-order valence-corrected chi connectivity index (χ1v) is 7.48. The maximum atomic E-state index is 11.6. The maximum Gasteiger partial charge on any atom is 0.234 e. The Bertz CT molecular complexity index is 526. The van der Waals surface area contributed by atoms with Gasteiger partial charge in [-0.25, -0.2) is 5.43 Å². The highest BCUT2D eigenvalue weighted by atomic mass is 16.2. The molecule has 21 heavy (non-hydrogen) atoms. The highest BCUT2D eigenvalue weighted by Gasteiger charge is 2.14. The number of anilines is 1. The van der Waals surface area contributed by atoms with E-state index in [4.69, 9.17) is 0 Å². The summed E-state index contributed by atoms with van der Waals surface area (Å²) in [6.07, 6.45) is 2.75. The SMILES string of the molecule is CC(C)CCC(=O)NNCc1ccc2c(c1)CCC(=O)N2. The molecule has 1 aliphatic heterocycles. The van der Waals surface area contributed by atoms with E-state index in [9.17, 15) is 9.59 Å². The molecule has 5 heteroatoms. The molecule has 1 aliphatic rings. The second kappa shape index (κ2) is 7.22. The number of benzene rings is 1. The Morgan fingerprint density at radius 3 is 2.90 bits per heavy atom. The number of rotatable bonds is 6. The summed E-state index contributed by atoms with van der Waals surface area (Å²) < 4.78 is 0. The predicted octanol–water partition coefficient (Wildman–Crippen LogP) is 2.13. The normalized spacial score (nSPS) is 13.8. The van der Waals surface area contributed by atoms with E-state index >= 15 is 0 Å².